The first-order valence-electron chi connectivity index (χ1n) is 5.35. The van der Waals surface area contributed by atoms with Gasteiger partial charge in [0.15, 0.2) is 5.78 Å². The Morgan fingerprint density at radius 3 is 3.00 bits per heavy atom. The molecule has 0 radical (unpaired) electrons. The topological polar surface area (TPSA) is 56.4 Å². The highest BCUT2D eigenvalue weighted by Crippen LogP contribution is 2.10. The van der Waals surface area contributed by atoms with Crippen LogP contribution < -0.4 is 5.56 Å². The van der Waals surface area contributed by atoms with Crippen LogP contribution in [0.3, 0.4) is 0 Å². The van der Waals surface area contributed by atoms with Crippen LogP contribution in [0.25, 0.3) is 5.52 Å². The molecule has 0 aliphatic carbocycles. The van der Waals surface area contributed by atoms with E-state index in [0.717, 1.165) is 0 Å². The molecule has 3 aromatic heterocycles. The second kappa shape index (κ2) is 4.23. The number of carbonyl (C=O) groups is 1. The van der Waals surface area contributed by atoms with E-state index in [2.05, 4.69) is 5.10 Å². The molecule has 0 unspecified atom stereocenters. The molecule has 3 rings (SSSR count). The van der Waals surface area contributed by atoms with Gasteiger partial charge in [-0.05, 0) is 17.5 Å². The standard InChI is InChI=1S/C12H9N3O2S/c16-10(11-2-1-7-18-11)8-14-5-6-15-9(12(14)17)3-4-13-15/h1-7H,8H2. The number of nitrogens with zero attached hydrogens (tertiary/aromatic N) is 3. The molecule has 0 aliphatic heterocycles. The van der Waals surface area contributed by atoms with Gasteiger partial charge in [0, 0.05) is 12.4 Å². The van der Waals surface area contributed by atoms with Crippen molar-refractivity contribution in [3.05, 3.63) is 57.4 Å². The minimum Gasteiger partial charge on any atom is -0.304 e. The van der Waals surface area contributed by atoms with E-state index >= 15 is 0 Å². The zero-order valence-electron chi connectivity index (χ0n) is 9.31. The van der Waals surface area contributed by atoms with Gasteiger partial charge in [-0.3, -0.25) is 9.59 Å². The van der Waals surface area contributed by atoms with Crippen molar-refractivity contribution in [2.75, 3.05) is 0 Å². The zero-order valence-corrected chi connectivity index (χ0v) is 10.1. The van der Waals surface area contributed by atoms with Crippen LogP contribution >= 0.6 is 11.3 Å². The Morgan fingerprint density at radius 1 is 1.33 bits per heavy atom. The fourth-order valence-electron chi connectivity index (χ4n) is 1.76. The number of carbonyl (C=O) groups excluding carboxylic acids is 1. The van der Waals surface area contributed by atoms with Crippen LogP contribution in [-0.4, -0.2) is 20.0 Å². The highest BCUT2D eigenvalue weighted by Gasteiger charge is 2.10. The molecule has 18 heavy (non-hydrogen) atoms. The molecule has 0 atom stereocenters. The van der Waals surface area contributed by atoms with Gasteiger partial charge in [0.05, 0.1) is 17.6 Å². The van der Waals surface area contributed by atoms with Gasteiger partial charge in [0.2, 0.25) is 0 Å². The maximum absolute atomic E-state index is 12.0. The monoisotopic (exact) mass is 259 g/mol. The largest absolute Gasteiger partial charge is 0.304 e. The van der Waals surface area contributed by atoms with Crippen molar-refractivity contribution in [3.63, 3.8) is 0 Å². The molecule has 0 aromatic carbocycles. The number of ketones is 1. The van der Waals surface area contributed by atoms with Crippen LogP contribution in [0, 0.1) is 0 Å². The lowest BCUT2D eigenvalue weighted by Crippen LogP contribution is -2.24. The molecule has 0 saturated carbocycles. The number of rotatable bonds is 3. The minimum absolute atomic E-state index is 0.0566. The van der Waals surface area contributed by atoms with Crippen molar-refractivity contribution in [1.29, 1.82) is 0 Å². The summed E-state index contributed by atoms with van der Waals surface area (Å²) < 4.78 is 2.90. The lowest BCUT2D eigenvalue weighted by molar-refractivity contribution is 0.0975. The second-order valence-corrected chi connectivity index (χ2v) is 4.74. The van der Waals surface area contributed by atoms with E-state index in [9.17, 15) is 9.59 Å². The van der Waals surface area contributed by atoms with Crippen molar-refractivity contribution in [3.8, 4) is 0 Å². The lowest BCUT2D eigenvalue weighted by Gasteiger charge is -2.04. The fourth-order valence-corrected chi connectivity index (χ4v) is 2.41. The Bertz CT molecular complexity index is 755. The van der Waals surface area contributed by atoms with Gasteiger partial charge in [0.25, 0.3) is 5.56 Å². The van der Waals surface area contributed by atoms with E-state index in [1.54, 1.807) is 30.7 Å². The molecule has 0 aliphatic rings. The van der Waals surface area contributed by atoms with E-state index in [0.29, 0.717) is 10.4 Å². The van der Waals surface area contributed by atoms with Gasteiger partial charge >= 0.3 is 0 Å². The van der Waals surface area contributed by atoms with E-state index in [1.165, 1.54) is 20.4 Å². The molecule has 5 nitrogen and oxygen atoms in total. The van der Waals surface area contributed by atoms with Crippen LogP contribution in [-0.2, 0) is 6.54 Å². The summed E-state index contributed by atoms with van der Waals surface area (Å²) in [5.41, 5.74) is 0.261. The maximum atomic E-state index is 12.0. The lowest BCUT2D eigenvalue weighted by atomic mass is 10.3. The third-order valence-electron chi connectivity index (χ3n) is 2.65. The number of aromatic nitrogens is 3. The number of thiophene rings is 1. The quantitative estimate of drug-likeness (QED) is 0.669. The van der Waals surface area contributed by atoms with Crippen LogP contribution in [0.1, 0.15) is 9.67 Å². The maximum Gasteiger partial charge on any atom is 0.276 e. The zero-order chi connectivity index (χ0) is 12.5. The summed E-state index contributed by atoms with van der Waals surface area (Å²) in [7, 11) is 0. The van der Waals surface area contributed by atoms with Crippen LogP contribution in [0.5, 0.6) is 0 Å². The third-order valence-corrected chi connectivity index (χ3v) is 3.56. The van der Waals surface area contributed by atoms with E-state index in [1.807, 2.05) is 11.4 Å². The Morgan fingerprint density at radius 2 is 2.22 bits per heavy atom. The van der Waals surface area contributed by atoms with E-state index in [-0.39, 0.29) is 17.9 Å². The molecule has 0 saturated heterocycles. The first-order valence-corrected chi connectivity index (χ1v) is 6.23. The molecule has 0 amide bonds. The van der Waals surface area contributed by atoms with Crippen LogP contribution in [0.15, 0.2) is 47.0 Å². The summed E-state index contributed by atoms with van der Waals surface area (Å²) in [5.74, 6) is -0.0593. The first kappa shape index (κ1) is 10.9. The molecule has 6 heteroatoms. The molecule has 0 bridgehead atoms. The summed E-state index contributed by atoms with van der Waals surface area (Å²) in [5, 5.41) is 5.81. The molecular formula is C12H9N3O2S. The molecule has 0 fully saturated rings. The smallest absolute Gasteiger partial charge is 0.276 e. The normalized spacial score (nSPS) is 10.9. The predicted octanol–water partition coefficient (Wildman–Crippen LogP) is 1.44. The van der Waals surface area contributed by atoms with Crippen molar-refractivity contribution >= 4 is 22.6 Å². The Kier molecular flexibility index (Phi) is 2.56. The minimum atomic E-state index is -0.208. The number of fused-ring (bicyclic) bond motifs is 1. The Labute approximate surface area is 106 Å². The van der Waals surface area contributed by atoms with Crippen molar-refractivity contribution in [2.45, 2.75) is 6.54 Å². The average Bonchev–Trinajstić information content (AvgIpc) is 3.02. The molecule has 0 spiro atoms. The average molecular weight is 259 g/mol. The summed E-state index contributed by atoms with van der Waals surface area (Å²) in [6.07, 6.45) is 4.80. The van der Waals surface area contributed by atoms with Gasteiger partial charge in [-0.15, -0.1) is 11.3 Å². The highest BCUT2D eigenvalue weighted by molar-refractivity contribution is 7.12. The summed E-state index contributed by atoms with van der Waals surface area (Å²) in [4.78, 5) is 24.6. The highest BCUT2D eigenvalue weighted by atomic mass is 32.1. The number of Topliss-reactive ketones (excluding diaryl/α,β-unsaturated/α-hetero) is 1. The van der Waals surface area contributed by atoms with Gasteiger partial charge in [0.1, 0.15) is 5.52 Å². The summed E-state index contributed by atoms with van der Waals surface area (Å²) in [6, 6.07) is 5.21. The SMILES string of the molecule is O=C(Cn1ccn2nccc2c1=O)c1cccs1. The van der Waals surface area contributed by atoms with E-state index < -0.39 is 0 Å². The predicted molar refractivity (Wildman–Crippen MR) is 68.1 cm³/mol. The van der Waals surface area contributed by atoms with Gasteiger partial charge in [-0.25, -0.2) is 4.52 Å². The Hall–Kier alpha value is -2.21. The summed E-state index contributed by atoms with van der Waals surface area (Å²) >= 11 is 1.38. The van der Waals surface area contributed by atoms with Crippen molar-refractivity contribution in [2.24, 2.45) is 0 Å². The van der Waals surface area contributed by atoms with Gasteiger partial charge in [-0.2, -0.15) is 5.10 Å². The van der Waals surface area contributed by atoms with Crippen molar-refractivity contribution in [1.82, 2.24) is 14.2 Å². The van der Waals surface area contributed by atoms with Crippen LogP contribution in [0.4, 0.5) is 0 Å². The molecule has 3 heterocycles. The molecule has 3 aromatic rings. The fraction of sp³-hybridized carbons (Fsp3) is 0.0833. The van der Waals surface area contributed by atoms with Gasteiger partial charge in [-0.1, -0.05) is 6.07 Å². The third kappa shape index (κ3) is 1.76. The number of hydrogen-bond acceptors (Lipinski definition) is 4. The first-order chi connectivity index (χ1) is 8.75. The van der Waals surface area contributed by atoms with Crippen molar-refractivity contribution < 1.29 is 4.79 Å². The van der Waals surface area contributed by atoms with Gasteiger partial charge < -0.3 is 4.57 Å². The summed E-state index contributed by atoms with van der Waals surface area (Å²) in [6.45, 7) is 0.0566. The second-order valence-electron chi connectivity index (χ2n) is 3.79. The molecular weight excluding hydrogens is 250 g/mol. The van der Waals surface area contributed by atoms with E-state index in [4.69, 9.17) is 0 Å². The molecule has 90 valence electrons. The molecule has 0 N–H and O–H groups in total. The Balaban J connectivity index is 1.98. The number of hydrogen-bond donors (Lipinski definition) is 0. The van der Waals surface area contributed by atoms with Crippen LogP contribution in [0.2, 0.25) is 0 Å².